The molecule has 0 amide bonds. The van der Waals surface area contributed by atoms with E-state index in [1.807, 2.05) is 13.0 Å². The number of aryl methyl sites for hydroxylation is 1. The lowest BCUT2D eigenvalue weighted by atomic mass is 9.93. The first-order valence-corrected chi connectivity index (χ1v) is 9.41. The van der Waals surface area contributed by atoms with Crippen molar-refractivity contribution >= 4 is 11.0 Å². The Morgan fingerprint density at radius 3 is 2.66 bits per heavy atom. The maximum Gasteiger partial charge on any atom is 0.256 e. The average molecular weight is 395 g/mol. The number of hydrogen-bond acceptors (Lipinski definition) is 3. The van der Waals surface area contributed by atoms with Crippen LogP contribution in [0.3, 0.4) is 0 Å². The fourth-order valence-electron chi connectivity index (χ4n) is 4.57. The molecule has 8 heteroatoms. The zero-order chi connectivity index (χ0) is 20.0. The van der Waals surface area contributed by atoms with Crippen LogP contribution in [0, 0.1) is 18.2 Å². The molecule has 2 aliphatic rings. The summed E-state index contributed by atoms with van der Waals surface area (Å²) in [5.74, 6) is -2.99. The van der Waals surface area contributed by atoms with Crippen molar-refractivity contribution in [2.24, 2.45) is 5.41 Å². The maximum atomic E-state index is 14.1. The Labute approximate surface area is 163 Å². The van der Waals surface area contributed by atoms with Gasteiger partial charge in [0.05, 0.1) is 18.2 Å². The Morgan fingerprint density at radius 2 is 1.93 bits per heavy atom. The minimum atomic E-state index is -2.65. The fraction of sp³-hybridized carbons (Fsp3) is 0.286. The van der Waals surface area contributed by atoms with Gasteiger partial charge in [-0.25, -0.2) is 18.2 Å². The summed E-state index contributed by atoms with van der Waals surface area (Å²) in [5.41, 5.74) is 4.23. The molecule has 3 aromatic heterocycles. The molecule has 1 fully saturated rings. The Kier molecular flexibility index (Phi) is 3.04. The van der Waals surface area contributed by atoms with Crippen LogP contribution in [0.5, 0.6) is 0 Å². The van der Waals surface area contributed by atoms with Crippen LogP contribution in [0.15, 0.2) is 36.5 Å². The van der Waals surface area contributed by atoms with E-state index in [4.69, 9.17) is 5.10 Å². The molecule has 0 bridgehead atoms. The summed E-state index contributed by atoms with van der Waals surface area (Å²) in [5, 5.41) is 12.5. The van der Waals surface area contributed by atoms with E-state index in [0.29, 0.717) is 11.3 Å². The molecule has 29 heavy (non-hydrogen) atoms. The Hall–Kier alpha value is -3.16. The van der Waals surface area contributed by atoms with Crippen molar-refractivity contribution in [1.29, 1.82) is 0 Å². The molecule has 1 aromatic carbocycles. The monoisotopic (exact) mass is 395 g/mol. The number of alkyl halides is 2. The molecule has 6 rings (SSSR count). The van der Waals surface area contributed by atoms with Crippen LogP contribution in [0.4, 0.5) is 13.2 Å². The normalized spacial score (nSPS) is 21.8. The number of nitrogens with zero attached hydrogens (tertiary/aromatic N) is 4. The summed E-state index contributed by atoms with van der Waals surface area (Å²) >= 11 is 0. The third-order valence-electron chi connectivity index (χ3n) is 6.16. The van der Waals surface area contributed by atoms with Crippen molar-refractivity contribution in [2.45, 2.75) is 32.2 Å². The van der Waals surface area contributed by atoms with Gasteiger partial charge in [-0.2, -0.15) is 10.2 Å². The molecular weight excluding hydrogens is 379 g/mol. The van der Waals surface area contributed by atoms with Crippen molar-refractivity contribution < 1.29 is 13.2 Å². The van der Waals surface area contributed by atoms with E-state index in [-0.39, 0.29) is 25.2 Å². The molecule has 4 aromatic rings. The molecule has 5 nitrogen and oxygen atoms in total. The van der Waals surface area contributed by atoms with Crippen molar-refractivity contribution in [3.8, 4) is 22.4 Å². The molecule has 0 saturated heterocycles. The zero-order valence-electron chi connectivity index (χ0n) is 15.5. The van der Waals surface area contributed by atoms with Crippen LogP contribution in [0.25, 0.3) is 33.4 Å². The first-order valence-electron chi connectivity index (χ1n) is 9.41. The second-order valence-electron chi connectivity index (χ2n) is 8.12. The van der Waals surface area contributed by atoms with Crippen LogP contribution in [0.2, 0.25) is 0 Å². The SMILES string of the molecule is Cc1cc(-c2c(-c3ccc(F)cc3)nn3c2C[C@]2(C3)CC2(F)F)c2cn[nH]c2n1. The number of fused-ring (bicyclic) bond motifs is 2. The third kappa shape index (κ3) is 2.25. The molecule has 0 radical (unpaired) electrons. The standard InChI is InChI=1S/C21H16F3N5/c1-11-6-14(15-8-25-27-19(15)26-11)17-16-7-20(9-21(20,23)24)10-29(16)28-18(17)12-2-4-13(22)5-3-12/h2-6,8H,7,9-10H2,1H3,(H,25,26,27)/t20-/m1/s1. The molecule has 1 aliphatic heterocycles. The molecule has 4 heterocycles. The quantitative estimate of drug-likeness (QED) is 0.543. The summed E-state index contributed by atoms with van der Waals surface area (Å²) in [6.45, 7) is 2.07. The van der Waals surface area contributed by atoms with Gasteiger partial charge in [-0.15, -0.1) is 0 Å². The van der Waals surface area contributed by atoms with Gasteiger partial charge in [0.2, 0.25) is 0 Å². The fourth-order valence-corrected chi connectivity index (χ4v) is 4.57. The lowest BCUT2D eigenvalue weighted by Gasteiger charge is -2.10. The third-order valence-corrected chi connectivity index (χ3v) is 6.16. The molecule has 1 atom stereocenters. The van der Waals surface area contributed by atoms with Crippen LogP contribution >= 0.6 is 0 Å². The highest BCUT2D eigenvalue weighted by molar-refractivity contribution is 5.98. The number of pyridine rings is 1. The molecule has 146 valence electrons. The average Bonchev–Trinajstić information content (AvgIpc) is 3.11. The topological polar surface area (TPSA) is 59.4 Å². The van der Waals surface area contributed by atoms with Crippen molar-refractivity contribution in [3.63, 3.8) is 0 Å². The van der Waals surface area contributed by atoms with Crippen LogP contribution < -0.4 is 0 Å². The van der Waals surface area contributed by atoms with Gasteiger partial charge in [0.15, 0.2) is 5.65 Å². The number of halogens is 3. The summed E-state index contributed by atoms with van der Waals surface area (Å²) in [6.07, 6.45) is 1.85. The highest BCUT2D eigenvalue weighted by Crippen LogP contribution is 2.66. The van der Waals surface area contributed by atoms with Crippen molar-refractivity contribution in [1.82, 2.24) is 25.0 Å². The van der Waals surface area contributed by atoms with E-state index in [9.17, 15) is 13.2 Å². The minimum absolute atomic E-state index is 0.106. The lowest BCUT2D eigenvalue weighted by molar-refractivity contribution is 0.0630. The molecule has 1 spiro atoms. The first kappa shape index (κ1) is 16.8. The zero-order valence-corrected chi connectivity index (χ0v) is 15.5. The number of aromatic amines is 1. The van der Waals surface area contributed by atoms with E-state index in [2.05, 4.69) is 15.2 Å². The van der Waals surface area contributed by atoms with E-state index in [1.54, 1.807) is 23.0 Å². The van der Waals surface area contributed by atoms with Crippen LogP contribution in [-0.4, -0.2) is 30.9 Å². The number of benzene rings is 1. The largest absolute Gasteiger partial charge is 0.267 e. The van der Waals surface area contributed by atoms with E-state index in [0.717, 1.165) is 33.5 Å². The maximum absolute atomic E-state index is 14.1. The number of rotatable bonds is 2. The van der Waals surface area contributed by atoms with Crippen LogP contribution in [0.1, 0.15) is 17.8 Å². The van der Waals surface area contributed by atoms with Gasteiger partial charge in [0.1, 0.15) is 11.5 Å². The highest BCUT2D eigenvalue weighted by atomic mass is 19.3. The lowest BCUT2D eigenvalue weighted by Crippen LogP contribution is -2.13. The first-order chi connectivity index (χ1) is 13.9. The van der Waals surface area contributed by atoms with Gasteiger partial charge < -0.3 is 0 Å². The summed E-state index contributed by atoms with van der Waals surface area (Å²) in [7, 11) is 0. The molecule has 1 saturated carbocycles. The molecule has 1 N–H and O–H groups in total. The summed E-state index contributed by atoms with van der Waals surface area (Å²) < 4.78 is 43.4. The summed E-state index contributed by atoms with van der Waals surface area (Å²) in [6, 6.07) is 8.02. The number of aromatic nitrogens is 5. The van der Waals surface area contributed by atoms with Gasteiger partial charge in [-0.3, -0.25) is 9.78 Å². The minimum Gasteiger partial charge on any atom is -0.267 e. The predicted molar refractivity (Wildman–Crippen MR) is 101 cm³/mol. The molecule has 0 unspecified atom stereocenters. The second-order valence-corrected chi connectivity index (χ2v) is 8.12. The number of hydrogen-bond donors (Lipinski definition) is 1. The highest BCUT2D eigenvalue weighted by Gasteiger charge is 2.73. The Morgan fingerprint density at radius 1 is 1.17 bits per heavy atom. The Balaban J connectivity index is 1.62. The van der Waals surface area contributed by atoms with Gasteiger partial charge in [-0.05, 0) is 37.3 Å². The number of nitrogens with one attached hydrogen (secondary N) is 1. The van der Waals surface area contributed by atoms with Gasteiger partial charge >= 0.3 is 0 Å². The van der Waals surface area contributed by atoms with Crippen molar-refractivity contribution in [2.75, 3.05) is 0 Å². The van der Waals surface area contributed by atoms with Gasteiger partial charge in [0.25, 0.3) is 5.92 Å². The van der Waals surface area contributed by atoms with E-state index >= 15 is 0 Å². The molecule has 1 aliphatic carbocycles. The van der Waals surface area contributed by atoms with E-state index < -0.39 is 11.3 Å². The molecular formula is C21H16F3N5. The van der Waals surface area contributed by atoms with Crippen molar-refractivity contribution in [3.05, 3.63) is 53.7 Å². The second kappa shape index (κ2) is 5.25. The summed E-state index contributed by atoms with van der Waals surface area (Å²) in [4.78, 5) is 4.46. The van der Waals surface area contributed by atoms with E-state index in [1.165, 1.54) is 12.1 Å². The van der Waals surface area contributed by atoms with Crippen LogP contribution in [-0.2, 0) is 13.0 Å². The predicted octanol–water partition coefficient (Wildman–Crippen LogP) is 4.52. The number of H-pyrrole nitrogens is 1. The van der Waals surface area contributed by atoms with Gasteiger partial charge in [-0.1, -0.05) is 0 Å². The smallest absolute Gasteiger partial charge is 0.256 e. The Bertz CT molecular complexity index is 1290. The van der Waals surface area contributed by atoms with Gasteiger partial charge in [0, 0.05) is 46.3 Å².